The first-order chi connectivity index (χ1) is 9.49. The summed E-state index contributed by atoms with van der Waals surface area (Å²) in [5, 5.41) is 11.2. The second-order valence-electron chi connectivity index (χ2n) is 4.56. The zero-order valence-electron chi connectivity index (χ0n) is 10.9. The van der Waals surface area contributed by atoms with Crippen LogP contribution in [0.5, 0.6) is 0 Å². The number of halogens is 1. The van der Waals surface area contributed by atoms with Crippen LogP contribution in [0.4, 0.5) is 14.9 Å². The van der Waals surface area contributed by atoms with E-state index < -0.39 is 11.8 Å². The lowest BCUT2D eigenvalue weighted by Crippen LogP contribution is -2.40. The molecule has 0 bridgehead atoms. The molecule has 0 spiro atoms. The van der Waals surface area contributed by atoms with E-state index in [4.69, 9.17) is 5.11 Å². The van der Waals surface area contributed by atoms with Gasteiger partial charge in [0.05, 0.1) is 11.3 Å². The maximum absolute atomic E-state index is 13.7. The summed E-state index contributed by atoms with van der Waals surface area (Å²) < 4.78 is 13.7. The molecular weight excluding hydrogens is 283 g/mol. The molecule has 1 fully saturated rings. The minimum atomic E-state index is -1.21. The Balaban J connectivity index is 2.05. The highest BCUT2D eigenvalue weighted by molar-refractivity contribution is 7.99. The van der Waals surface area contributed by atoms with Gasteiger partial charge in [0.25, 0.3) is 0 Å². The van der Waals surface area contributed by atoms with Crippen molar-refractivity contribution in [1.29, 1.82) is 0 Å². The first-order valence-corrected chi connectivity index (χ1v) is 7.29. The third kappa shape index (κ3) is 3.22. The van der Waals surface area contributed by atoms with E-state index in [-0.39, 0.29) is 23.3 Å². The Kier molecular flexibility index (Phi) is 4.49. The molecule has 7 heteroatoms. The van der Waals surface area contributed by atoms with Gasteiger partial charge in [0.15, 0.2) is 0 Å². The lowest BCUT2D eigenvalue weighted by Gasteiger charge is -2.24. The van der Waals surface area contributed by atoms with Gasteiger partial charge in [-0.05, 0) is 30.4 Å². The standard InChI is InChI=1S/C13H15FN2O3S/c1-16(9-4-5-20-7-9)13(19)15-11-3-2-8(12(17)18)6-10(11)14/h2-3,6,9H,4-5,7H2,1H3,(H,15,19)(H,17,18). The zero-order chi connectivity index (χ0) is 14.7. The number of carbonyl (C=O) groups is 2. The smallest absolute Gasteiger partial charge is 0.335 e. The highest BCUT2D eigenvalue weighted by atomic mass is 32.2. The van der Waals surface area contributed by atoms with Crippen molar-refractivity contribution in [3.63, 3.8) is 0 Å². The van der Waals surface area contributed by atoms with Crippen LogP contribution in [0, 0.1) is 5.82 Å². The quantitative estimate of drug-likeness (QED) is 0.899. The van der Waals surface area contributed by atoms with Crippen LogP contribution in [0.25, 0.3) is 0 Å². The largest absolute Gasteiger partial charge is 0.478 e. The van der Waals surface area contributed by atoms with Crippen molar-refractivity contribution in [3.05, 3.63) is 29.6 Å². The SMILES string of the molecule is CN(C(=O)Nc1ccc(C(=O)O)cc1F)C1CCSC1. The Morgan fingerprint density at radius 1 is 1.50 bits per heavy atom. The number of rotatable bonds is 3. The number of hydrogen-bond acceptors (Lipinski definition) is 3. The van der Waals surface area contributed by atoms with Gasteiger partial charge >= 0.3 is 12.0 Å². The summed E-state index contributed by atoms with van der Waals surface area (Å²) in [5.41, 5.74) is -0.168. The molecule has 1 aliphatic heterocycles. The van der Waals surface area contributed by atoms with Gasteiger partial charge in [-0.3, -0.25) is 0 Å². The average molecular weight is 298 g/mol. The van der Waals surface area contributed by atoms with Crippen LogP contribution < -0.4 is 5.32 Å². The number of carboxylic acids is 1. The predicted octanol–water partition coefficient (Wildman–Crippen LogP) is 2.49. The van der Waals surface area contributed by atoms with E-state index in [9.17, 15) is 14.0 Å². The number of amides is 2. The molecule has 2 rings (SSSR count). The van der Waals surface area contributed by atoms with E-state index in [1.807, 2.05) is 0 Å². The Hall–Kier alpha value is -1.76. The maximum Gasteiger partial charge on any atom is 0.335 e. The summed E-state index contributed by atoms with van der Waals surface area (Å²) in [6.07, 6.45) is 0.926. The van der Waals surface area contributed by atoms with Crippen LogP contribution in [0.15, 0.2) is 18.2 Å². The summed E-state index contributed by atoms with van der Waals surface area (Å²) in [4.78, 5) is 24.3. The van der Waals surface area contributed by atoms with Crippen LogP contribution in [0.3, 0.4) is 0 Å². The average Bonchev–Trinajstić information content (AvgIpc) is 2.93. The van der Waals surface area contributed by atoms with Gasteiger partial charge in [-0.1, -0.05) is 0 Å². The molecule has 5 nitrogen and oxygen atoms in total. The summed E-state index contributed by atoms with van der Waals surface area (Å²) >= 11 is 1.78. The molecular formula is C13H15FN2O3S. The number of benzene rings is 1. The van der Waals surface area contributed by atoms with E-state index in [1.54, 1.807) is 23.7 Å². The molecule has 0 saturated carbocycles. The summed E-state index contributed by atoms with van der Waals surface area (Å²) in [7, 11) is 1.68. The van der Waals surface area contributed by atoms with Crippen LogP contribution in [0.1, 0.15) is 16.8 Å². The van der Waals surface area contributed by atoms with E-state index in [0.717, 1.165) is 24.0 Å². The summed E-state index contributed by atoms with van der Waals surface area (Å²) in [6, 6.07) is 3.17. The Bertz CT molecular complexity index is 532. The van der Waals surface area contributed by atoms with Crippen molar-refractivity contribution in [2.75, 3.05) is 23.9 Å². The van der Waals surface area contributed by atoms with E-state index in [1.165, 1.54) is 12.1 Å². The third-order valence-electron chi connectivity index (χ3n) is 3.23. The fourth-order valence-electron chi connectivity index (χ4n) is 1.95. The molecule has 1 aliphatic rings. The molecule has 1 atom stereocenters. The summed E-state index contributed by atoms with van der Waals surface area (Å²) in [5.74, 6) is -0.0665. The van der Waals surface area contributed by atoms with E-state index in [0.29, 0.717) is 0 Å². The van der Waals surface area contributed by atoms with Crippen molar-refractivity contribution in [2.24, 2.45) is 0 Å². The van der Waals surface area contributed by atoms with Gasteiger partial charge < -0.3 is 15.3 Å². The highest BCUT2D eigenvalue weighted by Gasteiger charge is 2.24. The number of urea groups is 1. The van der Waals surface area contributed by atoms with Crippen molar-refractivity contribution < 1.29 is 19.1 Å². The first-order valence-electron chi connectivity index (χ1n) is 6.13. The van der Waals surface area contributed by atoms with Gasteiger partial charge in [-0.15, -0.1) is 0 Å². The number of hydrogen-bond donors (Lipinski definition) is 2. The molecule has 1 unspecified atom stereocenters. The second-order valence-corrected chi connectivity index (χ2v) is 5.71. The Morgan fingerprint density at radius 3 is 2.80 bits per heavy atom. The fourth-order valence-corrected chi connectivity index (χ4v) is 3.21. The number of nitrogens with zero attached hydrogens (tertiary/aromatic N) is 1. The predicted molar refractivity (Wildman–Crippen MR) is 75.9 cm³/mol. The molecule has 0 aliphatic carbocycles. The fraction of sp³-hybridized carbons (Fsp3) is 0.385. The first kappa shape index (κ1) is 14.6. The molecule has 1 aromatic carbocycles. The molecule has 2 amide bonds. The lowest BCUT2D eigenvalue weighted by molar-refractivity contribution is 0.0696. The minimum Gasteiger partial charge on any atom is -0.478 e. The maximum atomic E-state index is 13.7. The zero-order valence-corrected chi connectivity index (χ0v) is 11.7. The molecule has 1 saturated heterocycles. The third-order valence-corrected chi connectivity index (χ3v) is 4.38. The van der Waals surface area contributed by atoms with Crippen molar-refractivity contribution in [3.8, 4) is 0 Å². The van der Waals surface area contributed by atoms with Gasteiger partial charge in [0, 0.05) is 18.8 Å². The Morgan fingerprint density at radius 2 is 2.25 bits per heavy atom. The van der Waals surface area contributed by atoms with Crippen LogP contribution in [-0.2, 0) is 0 Å². The molecule has 108 valence electrons. The number of nitrogens with one attached hydrogen (secondary N) is 1. The van der Waals surface area contributed by atoms with Crippen LogP contribution in [-0.4, -0.2) is 46.6 Å². The minimum absolute atomic E-state index is 0.0162. The number of carbonyl (C=O) groups excluding carboxylic acids is 1. The molecule has 0 radical (unpaired) electrons. The second kappa shape index (κ2) is 6.13. The van der Waals surface area contributed by atoms with E-state index >= 15 is 0 Å². The van der Waals surface area contributed by atoms with Crippen molar-refractivity contribution >= 4 is 29.4 Å². The lowest BCUT2D eigenvalue weighted by atomic mass is 10.2. The topological polar surface area (TPSA) is 69.6 Å². The number of aromatic carboxylic acids is 1. The molecule has 1 aromatic rings. The highest BCUT2D eigenvalue weighted by Crippen LogP contribution is 2.22. The van der Waals surface area contributed by atoms with E-state index in [2.05, 4.69) is 5.32 Å². The number of anilines is 1. The van der Waals surface area contributed by atoms with Gasteiger partial charge in [0.2, 0.25) is 0 Å². The van der Waals surface area contributed by atoms with Gasteiger partial charge in [-0.2, -0.15) is 11.8 Å². The number of carboxylic acid groups (broad SMARTS) is 1. The molecule has 1 heterocycles. The van der Waals surface area contributed by atoms with Gasteiger partial charge in [-0.25, -0.2) is 14.0 Å². The number of thioether (sulfide) groups is 1. The molecule has 0 aromatic heterocycles. The van der Waals surface area contributed by atoms with Crippen molar-refractivity contribution in [2.45, 2.75) is 12.5 Å². The molecule has 2 N–H and O–H groups in total. The van der Waals surface area contributed by atoms with Crippen LogP contribution >= 0.6 is 11.8 Å². The van der Waals surface area contributed by atoms with Crippen LogP contribution in [0.2, 0.25) is 0 Å². The van der Waals surface area contributed by atoms with Gasteiger partial charge in [0.1, 0.15) is 5.82 Å². The monoisotopic (exact) mass is 298 g/mol. The summed E-state index contributed by atoms with van der Waals surface area (Å²) in [6.45, 7) is 0. The normalized spacial score (nSPS) is 17.8. The van der Waals surface area contributed by atoms with Crippen molar-refractivity contribution in [1.82, 2.24) is 4.90 Å². The Labute approximate surface area is 120 Å². The molecule has 20 heavy (non-hydrogen) atoms.